The number of rotatable bonds is 8. The number of thioether (sulfide) groups is 1. The first kappa shape index (κ1) is 21.6. The summed E-state index contributed by atoms with van der Waals surface area (Å²) >= 11 is 2.03. The molecule has 170 valence electrons. The molecule has 0 saturated carbocycles. The van der Waals surface area contributed by atoms with Crippen molar-refractivity contribution in [3.8, 4) is 5.75 Å². The number of hydrogen-bond donors (Lipinski definition) is 3. The summed E-state index contributed by atoms with van der Waals surface area (Å²) in [6.45, 7) is 6.01. The van der Waals surface area contributed by atoms with Crippen LogP contribution in [0.3, 0.4) is 0 Å². The van der Waals surface area contributed by atoms with Crippen LogP contribution in [0.4, 0.5) is 23.1 Å². The number of aromatic amines is 1. The molecule has 0 spiro atoms. The topological polar surface area (TPSA) is 78.1 Å². The number of aromatic nitrogens is 3. The smallest absolute Gasteiger partial charge is 0.229 e. The summed E-state index contributed by atoms with van der Waals surface area (Å²) in [6.07, 6.45) is 1.74. The summed E-state index contributed by atoms with van der Waals surface area (Å²) in [7, 11) is 0. The Morgan fingerprint density at radius 2 is 1.91 bits per heavy atom. The molecule has 1 saturated heterocycles. The summed E-state index contributed by atoms with van der Waals surface area (Å²) in [5.41, 5.74) is 4.14. The Kier molecular flexibility index (Phi) is 6.64. The van der Waals surface area contributed by atoms with Crippen molar-refractivity contribution in [3.05, 3.63) is 66.5 Å². The largest absolute Gasteiger partial charge is 0.492 e. The van der Waals surface area contributed by atoms with Crippen molar-refractivity contribution < 1.29 is 4.74 Å². The van der Waals surface area contributed by atoms with E-state index < -0.39 is 0 Å². The minimum absolute atomic E-state index is 0.529. The van der Waals surface area contributed by atoms with E-state index in [2.05, 4.69) is 55.6 Å². The molecule has 0 bridgehead atoms. The Hall–Kier alpha value is -3.23. The molecule has 4 aromatic rings. The number of aryl methyl sites for hydroxylation is 1. The maximum Gasteiger partial charge on any atom is 0.229 e. The molecular weight excluding hydrogens is 432 g/mol. The minimum Gasteiger partial charge on any atom is -0.492 e. The number of H-pyrrole nitrogens is 1. The van der Waals surface area contributed by atoms with Crippen molar-refractivity contribution in [1.29, 1.82) is 0 Å². The quantitative estimate of drug-likeness (QED) is 0.334. The van der Waals surface area contributed by atoms with Crippen LogP contribution in [0.5, 0.6) is 5.75 Å². The monoisotopic (exact) mass is 460 g/mol. The van der Waals surface area contributed by atoms with Crippen LogP contribution >= 0.6 is 11.8 Å². The van der Waals surface area contributed by atoms with E-state index in [9.17, 15) is 0 Å². The van der Waals surface area contributed by atoms with Crippen LogP contribution in [0, 0.1) is 6.92 Å². The number of anilines is 4. The molecule has 0 unspecified atom stereocenters. The van der Waals surface area contributed by atoms with Crippen LogP contribution in [0.1, 0.15) is 5.69 Å². The molecule has 3 N–H and O–H groups in total. The average molecular weight is 461 g/mol. The highest BCUT2D eigenvalue weighted by molar-refractivity contribution is 7.99. The number of ether oxygens (including phenoxy) is 1. The van der Waals surface area contributed by atoms with Crippen LogP contribution in [-0.2, 0) is 0 Å². The molecule has 0 radical (unpaired) electrons. The lowest BCUT2D eigenvalue weighted by molar-refractivity contribution is 0.222. The summed E-state index contributed by atoms with van der Waals surface area (Å²) in [4.78, 5) is 14.8. The van der Waals surface area contributed by atoms with E-state index in [-0.39, 0.29) is 0 Å². The zero-order chi connectivity index (χ0) is 22.5. The molecule has 3 heterocycles. The number of nitrogens with one attached hydrogen (secondary N) is 3. The van der Waals surface area contributed by atoms with Crippen molar-refractivity contribution in [2.75, 3.05) is 48.4 Å². The molecule has 2 aromatic carbocycles. The molecule has 0 aliphatic carbocycles. The second-order valence-corrected chi connectivity index (χ2v) is 9.32. The molecule has 8 heteroatoms. The maximum atomic E-state index is 5.98. The Bertz CT molecular complexity index is 1220. The normalized spacial score (nSPS) is 14.3. The zero-order valence-corrected chi connectivity index (χ0v) is 19.5. The molecule has 1 fully saturated rings. The summed E-state index contributed by atoms with van der Waals surface area (Å²) in [6, 6.07) is 18.1. The minimum atomic E-state index is 0.529. The van der Waals surface area contributed by atoms with Gasteiger partial charge in [0.15, 0.2) is 0 Å². The van der Waals surface area contributed by atoms with E-state index in [4.69, 9.17) is 4.74 Å². The van der Waals surface area contributed by atoms with Gasteiger partial charge in [-0.1, -0.05) is 6.07 Å². The third-order valence-corrected chi connectivity index (χ3v) is 6.50. The van der Waals surface area contributed by atoms with Gasteiger partial charge in [0.1, 0.15) is 18.2 Å². The highest BCUT2D eigenvalue weighted by Gasteiger charge is 2.10. The van der Waals surface area contributed by atoms with E-state index in [1.807, 2.05) is 48.2 Å². The van der Waals surface area contributed by atoms with Crippen LogP contribution < -0.4 is 15.4 Å². The fourth-order valence-corrected chi connectivity index (χ4v) is 4.88. The molecule has 33 heavy (non-hydrogen) atoms. The highest BCUT2D eigenvalue weighted by Crippen LogP contribution is 2.24. The van der Waals surface area contributed by atoms with E-state index in [1.165, 1.54) is 16.9 Å². The average Bonchev–Trinajstić information content (AvgIpc) is 3.20. The number of hydrogen-bond acceptors (Lipinski definition) is 7. The van der Waals surface area contributed by atoms with E-state index in [0.29, 0.717) is 12.6 Å². The van der Waals surface area contributed by atoms with Gasteiger partial charge >= 0.3 is 0 Å². The second kappa shape index (κ2) is 10.1. The summed E-state index contributed by atoms with van der Waals surface area (Å²) in [5, 5.41) is 7.82. The van der Waals surface area contributed by atoms with Gasteiger partial charge < -0.3 is 20.4 Å². The fourth-order valence-electron chi connectivity index (χ4n) is 3.90. The van der Waals surface area contributed by atoms with Crippen molar-refractivity contribution >= 4 is 45.8 Å². The lowest BCUT2D eigenvalue weighted by Crippen LogP contribution is -2.35. The van der Waals surface area contributed by atoms with Crippen LogP contribution in [0.15, 0.2) is 60.8 Å². The molecular formula is C25H28N6OS. The third kappa shape index (κ3) is 5.77. The molecule has 1 aliphatic rings. The van der Waals surface area contributed by atoms with Crippen LogP contribution in [-0.4, -0.2) is 57.6 Å². The third-order valence-electron chi connectivity index (χ3n) is 5.55. The molecule has 0 amide bonds. The van der Waals surface area contributed by atoms with Crippen LogP contribution in [0.2, 0.25) is 0 Å². The van der Waals surface area contributed by atoms with Crippen molar-refractivity contribution in [3.63, 3.8) is 0 Å². The molecule has 2 aromatic heterocycles. The number of fused-ring (bicyclic) bond motifs is 1. The Morgan fingerprint density at radius 3 is 2.82 bits per heavy atom. The van der Waals surface area contributed by atoms with Crippen molar-refractivity contribution in [1.82, 2.24) is 19.9 Å². The molecule has 0 atom stereocenters. The predicted octanol–water partition coefficient (Wildman–Crippen LogP) is 5.18. The molecule has 1 aliphatic heterocycles. The van der Waals surface area contributed by atoms with Crippen molar-refractivity contribution in [2.45, 2.75) is 6.92 Å². The lowest BCUT2D eigenvalue weighted by atomic mass is 10.2. The van der Waals surface area contributed by atoms with Gasteiger partial charge in [0.2, 0.25) is 5.95 Å². The van der Waals surface area contributed by atoms with E-state index in [1.54, 1.807) is 6.20 Å². The van der Waals surface area contributed by atoms with Gasteiger partial charge in [-0.05, 0) is 49.4 Å². The van der Waals surface area contributed by atoms with E-state index >= 15 is 0 Å². The first-order valence-corrected chi connectivity index (χ1v) is 12.4. The first-order valence-electron chi connectivity index (χ1n) is 11.2. The van der Waals surface area contributed by atoms with Gasteiger partial charge in [-0.15, -0.1) is 0 Å². The van der Waals surface area contributed by atoms with Gasteiger partial charge in [-0.2, -0.15) is 16.7 Å². The Balaban J connectivity index is 1.20. The predicted molar refractivity (Wildman–Crippen MR) is 137 cm³/mol. The maximum absolute atomic E-state index is 5.98. The van der Waals surface area contributed by atoms with Gasteiger partial charge in [0.05, 0.1) is 0 Å². The van der Waals surface area contributed by atoms with Gasteiger partial charge in [0.25, 0.3) is 0 Å². The van der Waals surface area contributed by atoms with Gasteiger partial charge in [-0.25, -0.2) is 4.98 Å². The van der Waals surface area contributed by atoms with Crippen molar-refractivity contribution in [2.24, 2.45) is 0 Å². The van der Waals surface area contributed by atoms with Gasteiger partial charge in [-0.3, -0.25) is 4.90 Å². The van der Waals surface area contributed by atoms with E-state index in [0.717, 1.165) is 53.8 Å². The Labute approximate surface area is 198 Å². The van der Waals surface area contributed by atoms with Gasteiger partial charge in [0, 0.05) is 71.4 Å². The molecule has 7 nitrogen and oxygen atoms in total. The number of benzene rings is 2. The number of nitrogens with zero attached hydrogens (tertiary/aromatic N) is 3. The Morgan fingerprint density at radius 1 is 1.03 bits per heavy atom. The fraction of sp³-hybridized carbons (Fsp3) is 0.280. The zero-order valence-electron chi connectivity index (χ0n) is 18.7. The second-order valence-electron chi connectivity index (χ2n) is 8.10. The van der Waals surface area contributed by atoms with Crippen LogP contribution in [0.25, 0.3) is 10.9 Å². The summed E-state index contributed by atoms with van der Waals surface area (Å²) in [5.74, 6) is 4.53. The molecule has 5 rings (SSSR count). The standard InChI is InChI=1S/C25H28N6OS/c1-18-15-19-16-21(5-6-23(19)27-18)28-24-7-8-26-25(30-24)29-20-3-2-4-22(17-20)32-12-9-31-10-13-33-14-11-31/h2-8,15-17,27H,9-14H2,1H3,(H2,26,28,29,30). The SMILES string of the molecule is Cc1cc2cc(Nc3ccnc(Nc4cccc(OCCN5CCSCC5)c4)n3)ccc2[nH]1. The highest BCUT2D eigenvalue weighted by atomic mass is 32.2. The first-order chi connectivity index (χ1) is 16.2. The lowest BCUT2D eigenvalue weighted by Gasteiger charge is -2.25. The summed E-state index contributed by atoms with van der Waals surface area (Å²) < 4.78 is 5.98.